The summed E-state index contributed by atoms with van der Waals surface area (Å²) >= 11 is 0. The Hall–Kier alpha value is -0.380. The maximum atomic E-state index is 5.18. The van der Waals surface area contributed by atoms with Crippen LogP contribution in [0.3, 0.4) is 0 Å². The van der Waals surface area contributed by atoms with Gasteiger partial charge in [-0.05, 0) is 20.4 Å². The molecule has 0 aromatic heterocycles. The molecule has 2 unspecified atom stereocenters. The van der Waals surface area contributed by atoms with Gasteiger partial charge in [-0.1, -0.05) is 13.0 Å². The van der Waals surface area contributed by atoms with Crippen LogP contribution in [0.1, 0.15) is 20.8 Å². The van der Waals surface area contributed by atoms with Crippen molar-refractivity contribution in [1.29, 1.82) is 0 Å². The number of hydrogen-bond acceptors (Lipinski definition) is 3. The van der Waals surface area contributed by atoms with E-state index in [0.717, 1.165) is 26.2 Å². The summed E-state index contributed by atoms with van der Waals surface area (Å²) in [6.07, 6.45) is 1.89. The number of methoxy groups -OCH3 is 1. The highest BCUT2D eigenvalue weighted by Crippen LogP contribution is 2.05. The SMILES string of the molecule is C=CCNCC(C)N(CC)C(C)COC. The van der Waals surface area contributed by atoms with Crippen LogP contribution in [0.15, 0.2) is 12.7 Å². The molecular weight excluding hydrogens is 188 g/mol. The van der Waals surface area contributed by atoms with Crippen LogP contribution in [0.5, 0.6) is 0 Å². The second-order valence-corrected chi connectivity index (χ2v) is 3.93. The molecule has 1 N–H and O–H groups in total. The number of nitrogens with zero attached hydrogens (tertiary/aromatic N) is 1. The Morgan fingerprint density at radius 2 is 2.07 bits per heavy atom. The van der Waals surface area contributed by atoms with Gasteiger partial charge in [-0.15, -0.1) is 6.58 Å². The van der Waals surface area contributed by atoms with Crippen molar-refractivity contribution in [2.24, 2.45) is 0 Å². The van der Waals surface area contributed by atoms with Crippen LogP contribution in [0.25, 0.3) is 0 Å². The van der Waals surface area contributed by atoms with Crippen LogP contribution in [0.2, 0.25) is 0 Å². The average molecular weight is 214 g/mol. The molecule has 0 radical (unpaired) electrons. The molecule has 0 rings (SSSR count). The molecule has 0 fully saturated rings. The number of nitrogens with one attached hydrogen (secondary N) is 1. The molecule has 0 bridgehead atoms. The zero-order chi connectivity index (χ0) is 11.7. The molecule has 3 heteroatoms. The first-order valence-electron chi connectivity index (χ1n) is 5.73. The van der Waals surface area contributed by atoms with E-state index in [2.05, 4.69) is 37.6 Å². The summed E-state index contributed by atoms with van der Waals surface area (Å²) in [5, 5.41) is 3.35. The molecule has 0 amide bonds. The van der Waals surface area contributed by atoms with Crippen molar-refractivity contribution in [2.75, 3.05) is 33.4 Å². The van der Waals surface area contributed by atoms with Crippen LogP contribution in [0, 0.1) is 0 Å². The third-order valence-corrected chi connectivity index (χ3v) is 2.63. The summed E-state index contributed by atoms with van der Waals surface area (Å²) in [4.78, 5) is 2.44. The normalized spacial score (nSPS) is 15.3. The van der Waals surface area contributed by atoms with E-state index in [1.54, 1.807) is 7.11 Å². The second-order valence-electron chi connectivity index (χ2n) is 3.93. The molecular formula is C12H26N2O. The van der Waals surface area contributed by atoms with E-state index < -0.39 is 0 Å². The summed E-state index contributed by atoms with van der Waals surface area (Å²) in [5.74, 6) is 0. The lowest BCUT2D eigenvalue weighted by atomic mass is 10.2. The quantitative estimate of drug-likeness (QED) is 0.465. The van der Waals surface area contributed by atoms with E-state index in [0.29, 0.717) is 12.1 Å². The van der Waals surface area contributed by atoms with E-state index in [1.165, 1.54) is 0 Å². The van der Waals surface area contributed by atoms with Gasteiger partial charge in [0, 0.05) is 32.3 Å². The average Bonchev–Trinajstić information content (AvgIpc) is 2.19. The molecule has 0 heterocycles. The van der Waals surface area contributed by atoms with Crippen LogP contribution in [-0.2, 0) is 4.74 Å². The number of ether oxygens (including phenoxy) is 1. The Morgan fingerprint density at radius 1 is 1.40 bits per heavy atom. The summed E-state index contributed by atoms with van der Waals surface area (Å²) in [6.45, 7) is 14.0. The van der Waals surface area contributed by atoms with Crippen LogP contribution in [0.4, 0.5) is 0 Å². The molecule has 90 valence electrons. The standard InChI is InChI=1S/C12H26N2O/c1-6-8-13-9-11(3)14(7-2)12(4)10-15-5/h6,11-13H,1,7-10H2,2-5H3. The maximum absolute atomic E-state index is 5.18. The topological polar surface area (TPSA) is 24.5 Å². The summed E-state index contributed by atoms with van der Waals surface area (Å²) in [5.41, 5.74) is 0. The Labute approximate surface area is 94.5 Å². The van der Waals surface area contributed by atoms with E-state index in [1.807, 2.05) is 6.08 Å². The molecule has 0 saturated carbocycles. The Morgan fingerprint density at radius 3 is 2.53 bits per heavy atom. The Balaban J connectivity index is 3.96. The van der Waals surface area contributed by atoms with Crippen molar-refractivity contribution in [3.05, 3.63) is 12.7 Å². The second kappa shape index (κ2) is 8.89. The third-order valence-electron chi connectivity index (χ3n) is 2.63. The van der Waals surface area contributed by atoms with Gasteiger partial charge in [0.25, 0.3) is 0 Å². The summed E-state index contributed by atoms with van der Waals surface area (Å²) in [7, 11) is 1.75. The maximum Gasteiger partial charge on any atom is 0.0615 e. The molecule has 0 saturated heterocycles. The van der Waals surface area contributed by atoms with Gasteiger partial charge in [0.2, 0.25) is 0 Å². The highest BCUT2D eigenvalue weighted by molar-refractivity contribution is 4.77. The van der Waals surface area contributed by atoms with Crippen molar-refractivity contribution in [3.63, 3.8) is 0 Å². The van der Waals surface area contributed by atoms with Gasteiger partial charge >= 0.3 is 0 Å². The summed E-state index contributed by atoms with van der Waals surface area (Å²) < 4.78 is 5.18. The van der Waals surface area contributed by atoms with Crippen LogP contribution in [-0.4, -0.2) is 50.3 Å². The highest BCUT2D eigenvalue weighted by atomic mass is 16.5. The van der Waals surface area contributed by atoms with E-state index in [9.17, 15) is 0 Å². The smallest absolute Gasteiger partial charge is 0.0615 e. The molecule has 2 atom stereocenters. The fraction of sp³-hybridized carbons (Fsp3) is 0.833. The fourth-order valence-corrected chi connectivity index (χ4v) is 1.91. The van der Waals surface area contributed by atoms with Gasteiger partial charge in [0.05, 0.1) is 6.61 Å². The number of hydrogen-bond donors (Lipinski definition) is 1. The molecule has 0 aliphatic rings. The van der Waals surface area contributed by atoms with Crippen molar-refractivity contribution in [2.45, 2.75) is 32.9 Å². The molecule has 0 spiro atoms. The minimum Gasteiger partial charge on any atom is -0.383 e. The number of likely N-dealkylation sites (N-methyl/N-ethyl adjacent to an activating group) is 1. The van der Waals surface area contributed by atoms with Gasteiger partial charge in [-0.2, -0.15) is 0 Å². The predicted molar refractivity (Wildman–Crippen MR) is 66.2 cm³/mol. The van der Waals surface area contributed by atoms with Gasteiger partial charge in [0.1, 0.15) is 0 Å². The van der Waals surface area contributed by atoms with E-state index in [-0.39, 0.29) is 0 Å². The van der Waals surface area contributed by atoms with E-state index >= 15 is 0 Å². The first-order chi connectivity index (χ1) is 7.17. The minimum absolute atomic E-state index is 0.473. The van der Waals surface area contributed by atoms with Gasteiger partial charge in [-0.3, -0.25) is 4.90 Å². The molecule has 0 aromatic rings. The van der Waals surface area contributed by atoms with Crippen LogP contribution < -0.4 is 5.32 Å². The Kier molecular flexibility index (Phi) is 8.67. The molecule has 0 aliphatic carbocycles. The van der Waals surface area contributed by atoms with Gasteiger partial charge in [0.15, 0.2) is 0 Å². The van der Waals surface area contributed by atoms with E-state index in [4.69, 9.17) is 4.74 Å². The van der Waals surface area contributed by atoms with Crippen LogP contribution >= 0.6 is 0 Å². The first-order valence-corrected chi connectivity index (χ1v) is 5.73. The lowest BCUT2D eigenvalue weighted by Gasteiger charge is -2.33. The fourth-order valence-electron chi connectivity index (χ4n) is 1.91. The van der Waals surface area contributed by atoms with Gasteiger partial charge in [-0.25, -0.2) is 0 Å². The molecule has 0 aliphatic heterocycles. The minimum atomic E-state index is 0.473. The Bertz CT molecular complexity index is 162. The first kappa shape index (κ1) is 14.6. The third kappa shape index (κ3) is 5.92. The largest absolute Gasteiger partial charge is 0.383 e. The molecule has 0 aromatic carbocycles. The molecule has 3 nitrogen and oxygen atoms in total. The van der Waals surface area contributed by atoms with Crippen molar-refractivity contribution < 1.29 is 4.74 Å². The van der Waals surface area contributed by atoms with Crippen molar-refractivity contribution in [3.8, 4) is 0 Å². The van der Waals surface area contributed by atoms with Gasteiger partial charge < -0.3 is 10.1 Å². The zero-order valence-corrected chi connectivity index (χ0v) is 10.6. The zero-order valence-electron chi connectivity index (χ0n) is 10.6. The lowest BCUT2D eigenvalue weighted by Crippen LogP contribution is -2.46. The molecule has 15 heavy (non-hydrogen) atoms. The summed E-state index contributed by atoms with van der Waals surface area (Å²) in [6, 6.07) is 1.00. The monoisotopic (exact) mass is 214 g/mol. The number of rotatable bonds is 9. The lowest BCUT2D eigenvalue weighted by molar-refractivity contribution is 0.0784. The van der Waals surface area contributed by atoms with Crippen molar-refractivity contribution in [1.82, 2.24) is 10.2 Å². The highest BCUT2D eigenvalue weighted by Gasteiger charge is 2.17. The predicted octanol–water partition coefficient (Wildman–Crippen LogP) is 1.51. The van der Waals surface area contributed by atoms with Crippen molar-refractivity contribution >= 4 is 0 Å².